The van der Waals surface area contributed by atoms with Gasteiger partial charge in [0.05, 0.1) is 0 Å². The fourth-order valence-electron chi connectivity index (χ4n) is 7.71. The Labute approximate surface area is 367 Å². The van der Waals surface area contributed by atoms with Crippen LogP contribution in [0.4, 0.5) is 0 Å². The molecule has 1 aliphatic rings. The first-order valence-corrected chi connectivity index (χ1v) is 30.6. The van der Waals surface area contributed by atoms with E-state index in [1.807, 2.05) is 0 Å². The highest BCUT2D eigenvalue weighted by Gasteiger charge is 2.47. The van der Waals surface area contributed by atoms with Crippen LogP contribution in [0.5, 0.6) is 23.0 Å². The van der Waals surface area contributed by atoms with Crippen molar-refractivity contribution < 1.29 is 121 Å². The molecular weight excluding hydrogens is 1030 g/mol. The van der Waals surface area contributed by atoms with Crippen LogP contribution in [0.2, 0.25) is 0 Å². The third-order valence-corrected chi connectivity index (χ3v) is 24.2. The van der Waals surface area contributed by atoms with E-state index in [0.717, 1.165) is 24.3 Å². The molecule has 65 heavy (non-hydrogen) atoms. The molecule has 0 amide bonds. The minimum Gasteiger partial charge on any atom is -0.507 e. The molecule has 4 unspecified atom stereocenters. The molecule has 17 N–H and O–H groups in total. The fourth-order valence-corrected chi connectivity index (χ4v) is 16.9. The monoisotopic (exact) mass is 1070 g/mol. The Kier molecular flexibility index (Phi) is 15.6. The zero-order valence-corrected chi connectivity index (χ0v) is 39.8. The van der Waals surface area contributed by atoms with E-state index in [9.17, 15) is 121 Å². The summed E-state index contributed by atoms with van der Waals surface area (Å²) in [6, 6.07) is 5.90. The Balaban J connectivity index is 2.02. The van der Waals surface area contributed by atoms with Gasteiger partial charge in [0.2, 0.25) is 24.1 Å². The third-order valence-electron chi connectivity index (χ3n) is 10.3. The van der Waals surface area contributed by atoms with Gasteiger partial charge in [-0.2, -0.15) is 0 Å². The summed E-state index contributed by atoms with van der Waals surface area (Å²) in [5, 5.41) is 36.4. The SMILES string of the molecule is O=[PH](O)C(c1cc2c(O)c(c1)Cc1cc(C(P(=O)(O)O)P(=O)(O)O)cc(c1O)Cc1cc(C(P(=O)(O)O)P(=O)(O)O)cc(c1O)Cc1cc(C([PH](=O)O)P(=O)(O)O)cc(c1O)C2)[PH](=O)O. The summed E-state index contributed by atoms with van der Waals surface area (Å²) in [6.45, 7) is 0. The van der Waals surface area contributed by atoms with Gasteiger partial charge >= 0.3 is 38.0 Å². The molecule has 5 rings (SSSR count). The van der Waals surface area contributed by atoms with Crippen molar-refractivity contribution in [2.75, 3.05) is 0 Å². The Morgan fingerprint density at radius 1 is 0.354 bits per heavy atom. The second-order valence-corrected chi connectivity index (χ2v) is 29.1. The lowest BCUT2D eigenvalue weighted by Crippen LogP contribution is -2.08. The number of phenols is 4. The molecule has 4 aromatic carbocycles. The van der Waals surface area contributed by atoms with E-state index in [2.05, 4.69) is 0 Å². The van der Waals surface area contributed by atoms with E-state index in [0.29, 0.717) is 24.3 Å². The summed E-state index contributed by atoms with van der Waals surface area (Å²) in [5.74, 6) is -3.62. The quantitative estimate of drug-likeness (QED) is 0.0795. The van der Waals surface area contributed by atoms with Crippen molar-refractivity contribution in [3.8, 4) is 23.0 Å². The molecule has 0 radical (unpaired) electrons. The summed E-state index contributed by atoms with van der Waals surface area (Å²) in [4.78, 5) is 132. The lowest BCUT2D eigenvalue weighted by atomic mass is 9.89. The predicted molar refractivity (Wildman–Crippen MR) is 228 cm³/mol. The largest absolute Gasteiger partial charge is 0.507 e. The summed E-state index contributed by atoms with van der Waals surface area (Å²) < 4.78 is 101. The summed E-state index contributed by atoms with van der Waals surface area (Å²) in [6.07, 6.45) is -3.72. The van der Waals surface area contributed by atoms with Gasteiger partial charge in [0.25, 0.3) is 0 Å². The van der Waals surface area contributed by atoms with E-state index in [4.69, 9.17) is 0 Å². The number of fused-ring (bicyclic) bond motifs is 8. The summed E-state index contributed by atoms with van der Waals surface area (Å²) in [5.41, 5.74) is -7.35. The maximum absolute atomic E-state index is 12.7. The van der Waals surface area contributed by atoms with Gasteiger partial charge < -0.3 is 84.0 Å². The fraction of sp³-hybridized carbons (Fsp3) is 0.250. The van der Waals surface area contributed by atoms with Crippen molar-refractivity contribution in [3.05, 3.63) is 115 Å². The van der Waals surface area contributed by atoms with Crippen molar-refractivity contribution in [1.29, 1.82) is 0 Å². The molecule has 0 aliphatic heterocycles. The number of phenolic OH excluding ortho intramolecular Hbond substituents is 4. The van der Waals surface area contributed by atoms with Gasteiger partial charge in [-0.3, -0.25) is 36.5 Å². The van der Waals surface area contributed by atoms with Crippen LogP contribution in [0.3, 0.4) is 0 Å². The minimum absolute atomic E-state index is 0.443. The average Bonchev–Trinajstić information content (AvgIpc) is 3.08. The van der Waals surface area contributed by atoms with Crippen LogP contribution >= 0.6 is 62.1 Å². The topological polar surface area (TPSA) is 480 Å². The molecule has 358 valence electrons. The van der Waals surface area contributed by atoms with Crippen LogP contribution in [-0.2, 0) is 62.2 Å². The molecule has 25 nitrogen and oxygen atoms in total. The number of hydrogen-bond donors (Lipinski definition) is 17. The number of hydrogen-bond acceptors (Lipinski definition) is 12. The lowest BCUT2D eigenvalue weighted by molar-refractivity contribution is 0.335. The van der Waals surface area contributed by atoms with Gasteiger partial charge in [0, 0.05) is 25.7 Å². The van der Waals surface area contributed by atoms with Crippen molar-refractivity contribution in [2.45, 2.75) is 47.3 Å². The number of aromatic hydroxyl groups is 4. The van der Waals surface area contributed by atoms with Crippen LogP contribution in [0.1, 0.15) is 88.4 Å². The molecule has 1 aliphatic carbocycles. The minimum atomic E-state index is -5.90. The summed E-state index contributed by atoms with van der Waals surface area (Å²) >= 11 is 0. The highest BCUT2D eigenvalue weighted by atomic mass is 31.2. The molecule has 33 heteroatoms. The Bertz CT molecular complexity index is 2850. The molecule has 4 atom stereocenters. The Morgan fingerprint density at radius 3 is 0.754 bits per heavy atom. The van der Waals surface area contributed by atoms with Crippen molar-refractivity contribution >= 4 is 62.1 Å². The molecule has 0 saturated heterocycles. The van der Waals surface area contributed by atoms with Crippen LogP contribution in [0, 0.1) is 0 Å². The van der Waals surface area contributed by atoms with Gasteiger partial charge in [0.15, 0.2) is 16.2 Å². The predicted octanol–water partition coefficient (Wildman–Crippen LogP) is 3.47. The average molecular weight is 1070 g/mol. The smallest absolute Gasteiger partial charge is 0.345 e. The van der Waals surface area contributed by atoms with E-state index < -0.39 is 199 Å². The first-order chi connectivity index (χ1) is 29.5. The zero-order chi connectivity index (χ0) is 49.3. The highest BCUT2D eigenvalue weighted by Crippen LogP contribution is 2.71. The molecule has 4 aromatic rings. The van der Waals surface area contributed by atoms with E-state index in [1.165, 1.54) is 0 Å². The van der Waals surface area contributed by atoms with Crippen molar-refractivity contribution in [2.24, 2.45) is 0 Å². The van der Waals surface area contributed by atoms with Gasteiger partial charge in [-0.25, -0.2) is 0 Å². The van der Waals surface area contributed by atoms with E-state index in [1.54, 1.807) is 0 Å². The molecule has 0 heterocycles. The van der Waals surface area contributed by atoms with Gasteiger partial charge in [-0.15, -0.1) is 0 Å². The normalized spacial score (nSPS) is 16.5. The second kappa shape index (κ2) is 19.1. The molecule has 0 saturated carbocycles. The maximum Gasteiger partial charge on any atom is 0.345 e. The van der Waals surface area contributed by atoms with Crippen LogP contribution in [-0.4, -0.2) is 84.0 Å². The number of benzene rings is 4. The van der Waals surface area contributed by atoms with Crippen LogP contribution in [0.25, 0.3) is 0 Å². The lowest BCUT2D eigenvalue weighted by Gasteiger charge is -2.25. The van der Waals surface area contributed by atoms with E-state index in [-0.39, 0.29) is 0 Å². The van der Waals surface area contributed by atoms with Gasteiger partial charge in [-0.1, -0.05) is 48.5 Å². The van der Waals surface area contributed by atoms with E-state index >= 15 is 0 Å². The molecular formula is C32H40O25P8. The van der Waals surface area contributed by atoms with Crippen LogP contribution < -0.4 is 0 Å². The van der Waals surface area contributed by atoms with Gasteiger partial charge in [-0.05, 0) is 66.8 Å². The molecule has 0 spiro atoms. The Morgan fingerprint density at radius 2 is 0.569 bits per heavy atom. The molecule has 0 aromatic heterocycles. The number of rotatable bonds is 12. The maximum atomic E-state index is 12.7. The third kappa shape index (κ3) is 11.8. The first kappa shape index (κ1) is 53.4. The summed E-state index contributed by atoms with van der Waals surface area (Å²) in [7, 11) is -41.4. The highest BCUT2D eigenvalue weighted by molar-refractivity contribution is 7.70. The zero-order valence-electron chi connectivity index (χ0n) is 32.4. The van der Waals surface area contributed by atoms with Crippen molar-refractivity contribution in [3.63, 3.8) is 0 Å². The standard InChI is InChI=1S/C32H40O25P8/c33-25-13-1-15-7-22(30(60(41)42)61(43,44)45)8-16(26(15)34)3-18-10-24(32(64(52,53)54)65(55,56)57)12-20(28(18)36)4-19-11-23(31(62(46,47)48)63(49,50)51)9-17(27(19)35)2-14(25)6-21(5-13)29(58(37)38)59(39)40/h5-12,29-36,58-60H,1-4H2,(H,37,38)(H,39,40)(H,41,42)(H2,43,44,45)(H2,46,47,48)(H2,49,50,51)(H2,52,53,54)(H2,55,56,57). The second-order valence-electron chi connectivity index (χ2n) is 15.0. The molecule has 0 fully saturated rings. The Hall–Kier alpha value is -2.60. The van der Waals surface area contributed by atoms with Gasteiger partial charge in [0.1, 0.15) is 28.4 Å². The first-order valence-electron chi connectivity index (χ1n) is 17.8. The molecule has 8 bridgehead atoms. The van der Waals surface area contributed by atoms with Crippen LogP contribution in [0.15, 0.2) is 48.5 Å². The van der Waals surface area contributed by atoms with Crippen molar-refractivity contribution in [1.82, 2.24) is 0 Å².